The fourth-order valence-corrected chi connectivity index (χ4v) is 2.94. The quantitative estimate of drug-likeness (QED) is 0.828. The van der Waals surface area contributed by atoms with Crippen LogP contribution >= 0.6 is 15.9 Å². The zero-order chi connectivity index (χ0) is 15.5. The number of nitrogens with one attached hydrogen (secondary N) is 2. The van der Waals surface area contributed by atoms with Crippen molar-refractivity contribution in [3.8, 4) is 0 Å². The summed E-state index contributed by atoms with van der Waals surface area (Å²) in [6.07, 6.45) is 0.820. The SMILES string of the molecule is O=C(NNC(=O)[C@@H]1C[C@@H]1c1ccccc1)c1ccccc1Br. The molecule has 1 aliphatic rings. The monoisotopic (exact) mass is 358 g/mol. The molecule has 112 valence electrons. The third-order valence-corrected chi connectivity index (χ3v) is 4.46. The van der Waals surface area contributed by atoms with Gasteiger partial charge in [0.25, 0.3) is 5.91 Å². The Morgan fingerprint density at radius 1 is 0.955 bits per heavy atom. The minimum absolute atomic E-state index is 0.0677. The van der Waals surface area contributed by atoms with Gasteiger partial charge in [-0.05, 0) is 46.0 Å². The molecule has 4 nitrogen and oxygen atoms in total. The minimum Gasteiger partial charge on any atom is -0.273 e. The molecule has 1 fully saturated rings. The van der Waals surface area contributed by atoms with Crippen molar-refractivity contribution in [2.45, 2.75) is 12.3 Å². The highest BCUT2D eigenvalue weighted by Crippen LogP contribution is 2.47. The lowest BCUT2D eigenvalue weighted by Crippen LogP contribution is -2.42. The van der Waals surface area contributed by atoms with E-state index in [9.17, 15) is 9.59 Å². The number of carbonyl (C=O) groups excluding carboxylic acids is 2. The topological polar surface area (TPSA) is 58.2 Å². The molecule has 2 aromatic rings. The van der Waals surface area contributed by atoms with E-state index in [0.29, 0.717) is 10.0 Å². The Morgan fingerprint density at radius 2 is 1.64 bits per heavy atom. The second-order valence-electron chi connectivity index (χ2n) is 5.28. The van der Waals surface area contributed by atoms with Crippen molar-refractivity contribution in [2.24, 2.45) is 5.92 Å². The third-order valence-electron chi connectivity index (χ3n) is 3.77. The van der Waals surface area contributed by atoms with Gasteiger partial charge >= 0.3 is 0 Å². The summed E-state index contributed by atoms with van der Waals surface area (Å²) in [4.78, 5) is 24.1. The first kappa shape index (κ1) is 14.8. The predicted octanol–water partition coefficient (Wildman–Crippen LogP) is 3.01. The van der Waals surface area contributed by atoms with Crippen LogP contribution in [-0.4, -0.2) is 11.8 Å². The average molecular weight is 359 g/mol. The van der Waals surface area contributed by atoms with Crippen molar-refractivity contribution in [1.29, 1.82) is 0 Å². The molecule has 2 aromatic carbocycles. The summed E-state index contributed by atoms with van der Waals surface area (Å²) in [6, 6.07) is 17.0. The number of benzene rings is 2. The van der Waals surface area contributed by atoms with Crippen molar-refractivity contribution in [1.82, 2.24) is 10.9 Å². The van der Waals surface area contributed by atoms with Gasteiger partial charge in [0.05, 0.1) is 5.56 Å². The van der Waals surface area contributed by atoms with Crippen molar-refractivity contribution in [3.63, 3.8) is 0 Å². The molecule has 1 saturated carbocycles. The van der Waals surface area contributed by atoms with Gasteiger partial charge in [0.1, 0.15) is 0 Å². The van der Waals surface area contributed by atoms with Gasteiger partial charge in [-0.1, -0.05) is 42.5 Å². The molecule has 0 heterocycles. The molecule has 0 saturated heterocycles. The summed E-state index contributed by atoms with van der Waals surface area (Å²) >= 11 is 3.31. The molecular weight excluding hydrogens is 344 g/mol. The van der Waals surface area contributed by atoms with Gasteiger partial charge in [0, 0.05) is 10.4 Å². The molecule has 2 amide bonds. The number of hydrazine groups is 1. The molecule has 0 unspecified atom stereocenters. The second-order valence-corrected chi connectivity index (χ2v) is 6.14. The Kier molecular flexibility index (Phi) is 4.24. The van der Waals surface area contributed by atoms with E-state index in [1.54, 1.807) is 18.2 Å². The average Bonchev–Trinajstić information content (AvgIpc) is 3.34. The largest absolute Gasteiger partial charge is 0.273 e. The number of amides is 2. The molecule has 1 aliphatic carbocycles. The molecule has 2 N–H and O–H groups in total. The zero-order valence-electron chi connectivity index (χ0n) is 11.8. The van der Waals surface area contributed by atoms with E-state index in [4.69, 9.17) is 0 Å². The van der Waals surface area contributed by atoms with Gasteiger partial charge in [-0.3, -0.25) is 20.4 Å². The number of carbonyl (C=O) groups is 2. The fourth-order valence-electron chi connectivity index (χ4n) is 2.48. The Labute approximate surface area is 137 Å². The lowest BCUT2D eigenvalue weighted by Gasteiger charge is -2.08. The second kappa shape index (κ2) is 6.32. The van der Waals surface area contributed by atoms with Crippen LogP contribution in [0, 0.1) is 5.92 Å². The van der Waals surface area contributed by atoms with Crippen LogP contribution < -0.4 is 10.9 Å². The van der Waals surface area contributed by atoms with Crippen LogP contribution in [0.4, 0.5) is 0 Å². The van der Waals surface area contributed by atoms with E-state index < -0.39 is 0 Å². The Balaban J connectivity index is 1.54. The first-order valence-electron chi connectivity index (χ1n) is 7.06. The van der Waals surface area contributed by atoms with Gasteiger partial charge in [-0.15, -0.1) is 0 Å². The lowest BCUT2D eigenvalue weighted by atomic mass is 10.1. The predicted molar refractivity (Wildman–Crippen MR) is 87.0 cm³/mol. The normalized spacial score (nSPS) is 19.3. The van der Waals surface area contributed by atoms with Crippen molar-refractivity contribution < 1.29 is 9.59 Å². The molecule has 2 atom stereocenters. The summed E-state index contributed by atoms with van der Waals surface area (Å²) in [5.74, 6) is -0.296. The summed E-state index contributed by atoms with van der Waals surface area (Å²) in [5, 5.41) is 0. The fraction of sp³-hybridized carbons (Fsp3) is 0.176. The first-order valence-corrected chi connectivity index (χ1v) is 7.86. The maximum atomic E-state index is 12.1. The highest BCUT2D eigenvalue weighted by atomic mass is 79.9. The number of hydrogen-bond acceptors (Lipinski definition) is 2. The van der Waals surface area contributed by atoms with Crippen LogP contribution in [0.3, 0.4) is 0 Å². The highest BCUT2D eigenvalue weighted by molar-refractivity contribution is 9.10. The van der Waals surface area contributed by atoms with E-state index in [1.165, 1.54) is 5.56 Å². The number of halogens is 1. The molecular formula is C17H15BrN2O2. The zero-order valence-corrected chi connectivity index (χ0v) is 13.3. The minimum atomic E-state index is -0.335. The van der Waals surface area contributed by atoms with E-state index in [1.807, 2.05) is 36.4 Å². The highest BCUT2D eigenvalue weighted by Gasteiger charge is 2.43. The Hall–Kier alpha value is -2.14. The van der Waals surface area contributed by atoms with E-state index in [-0.39, 0.29) is 23.7 Å². The third kappa shape index (κ3) is 3.20. The summed E-state index contributed by atoms with van der Waals surface area (Å²) in [6.45, 7) is 0. The molecule has 0 aliphatic heterocycles. The van der Waals surface area contributed by atoms with Crippen molar-refractivity contribution in [2.75, 3.05) is 0 Å². The summed E-state index contributed by atoms with van der Waals surface area (Å²) < 4.78 is 0.690. The summed E-state index contributed by atoms with van der Waals surface area (Å²) in [7, 11) is 0. The van der Waals surface area contributed by atoms with Crippen LogP contribution in [-0.2, 0) is 4.79 Å². The maximum absolute atomic E-state index is 12.1. The van der Waals surface area contributed by atoms with Crippen LogP contribution in [0.15, 0.2) is 59.1 Å². The van der Waals surface area contributed by atoms with Crippen LogP contribution in [0.25, 0.3) is 0 Å². The Morgan fingerprint density at radius 3 is 2.36 bits per heavy atom. The van der Waals surface area contributed by atoms with Crippen LogP contribution in [0.5, 0.6) is 0 Å². The van der Waals surface area contributed by atoms with Crippen LogP contribution in [0.1, 0.15) is 28.3 Å². The van der Waals surface area contributed by atoms with Gasteiger partial charge in [0.15, 0.2) is 0 Å². The van der Waals surface area contributed by atoms with Gasteiger partial charge < -0.3 is 0 Å². The smallest absolute Gasteiger partial charge is 0.270 e. The molecule has 5 heteroatoms. The molecule has 22 heavy (non-hydrogen) atoms. The molecule has 0 spiro atoms. The van der Waals surface area contributed by atoms with E-state index in [2.05, 4.69) is 26.8 Å². The number of rotatable bonds is 3. The van der Waals surface area contributed by atoms with Gasteiger partial charge in [0.2, 0.25) is 5.91 Å². The Bertz CT molecular complexity index is 703. The molecule has 0 bridgehead atoms. The van der Waals surface area contributed by atoms with Gasteiger partial charge in [-0.2, -0.15) is 0 Å². The molecule has 3 rings (SSSR count). The standard InChI is InChI=1S/C17H15BrN2O2/c18-15-9-5-4-8-12(15)16(21)19-20-17(22)14-10-13(14)11-6-2-1-3-7-11/h1-9,13-14H,10H2,(H,19,21)(H,20,22)/t13-,14-/m1/s1. The van der Waals surface area contributed by atoms with Gasteiger partial charge in [-0.25, -0.2) is 0 Å². The maximum Gasteiger partial charge on any atom is 0.270 e. The van der Waals surface area contributed by atoms with Crippen molar-refractivity contribution in [3.05, 3.63) is 70.2 Å². The molecule has 0 aromatic heterocycles. The van der Waals surface area contributed by atoms with Crippen molar-refractivity contribution >= 4 is 27.7 Å². The summed E-state index contributed by atoms with van der Waals surface area (Å²) in [5.41, 5.74) is 6.63. The number of hydrogen-bond donors (Lipinski definition) is 2. The van der Waals surface area contributed by atoms with E-state index in [0.717, 1.165) is 6.42 Å². The van der Waals surface area contributed by atoms with Crippen LogP contribution in [0.2, 0.25) is 0 Å². The first-order chi connectivity index (χ1) is 10.7. The lowest BCUT2D eigenvalue weighted by molar-refractivity contribution is -0.123. The van der Waals surface area contributed by atoms with E-state index >= 15 is 0 Å². The molecule has 0 radical (unpaired) electrons.